The zero-order valence-electron chi connectivity index (χ0n) is 18.3. The first kappa shape index (κ1) is 21.8. The van der Waals surface area contributed by atoms with Crippen molar-refractivity contribution in [2.24, 2.45) is 5.92 Å². The van der Waals surface area contributed by atoms with Crippen LogP contribution in [0.1, 0.15) is 49.8 Å². The van der Waals surface area contributed by atoms with Crippen LogP contribution in [-0.4, -0.2) is 20.7 Å². The molecule has 3 aromatic carbocycles. The van der Waals surface area contributed by atoms with Crippen LogP contribution in [-0.2, 0) is 9.84 Å². The summed E-state index contributed by atoms with van der Waals surface area (Å²) in [7, 11) is -3.34. The fourth-order valence-corrected chi connectivity index (χ4v) is 5.58. The molecule has 3 aromatic rings. The molecule has 0 aromatic heterocycles. The molecule has 0 saturated heterocycles. The van der Waals surface area contributed by atoms with Gasteiger partial charge in [0.05, 0.1) is 10.9 Å². The lowest BCUT2D eigenvalue weighted by Gasteiger charge is -2.32. The molecule has 4 heteroatoms. The highest BCUT2D eigenvalue weighted by atomic mass is 32.2. The summed E-state index contributed by atoms with van der Waals surface area (Å²) in [6, 6.07) is 26.5. The van der Waals surface area contributed by atoms with E-state index >= 15 is 0 Å². The van der Waals surface area contributed by atoms with Crippen LogP contribution in [0.2, 0.25) is 0 Å². The molecule has 3 nitrogen and oxygen atoms in total. The average molecular weight is 434 g/mol. The van der Waals surface area contributed by atoms with Crippen LogP contribution < -0.4 is 5.32 Å². The maximum Gasteiger partial charge on any atom is 0.176 e. The third-order valence-corrected chi connectivity index (χ3v) is 7.55. The Labute approximate surface area is 186 Å². The number of rotatable bonds is 6. The fourth-order valence-electron chi connectivity index (χ4n) is 4.68. The second kappa shape index (κ2) is 9.37. The molecular weight excluding hydrogens is 402 g/mol. The van der Waals surface area contributed by atoms with Crippen molar-refractivity contribution in [2.75, 3.05) is 6.26 Å². The largest absolute Gasteiger partial charge is 0.303 e. The predicted molar refractivity (Wildman–Crippen MR) is 128 cm³/mol. The molecule has 1 unspecified atom stereocenters. The van der Waals surface area contributed by atoms with Gasteiger partial charge in [0.1, 0.15) is 0 Å². The van der Waals surface area contributed by atoms with Crippen molar-refractivity contribution in [1.29, 1.82) is 0 Å². The van der Waals surface area contributed by atoms with Crippen LogP contribution in [0.4, 0.5) is 0 Å². The van der Waals surface area contributed by atoms with Crippen LogP contribution in [0.25, 0.3) is 11.1 Å². The van der Waals surface area contributed by atoms with Gasteiger partial charge in [-0.15, -0.1) is 0 Å². The Morgan fingerprint density at radius 1 is 0.774 bits per heavy atom. The normalized spacial score (nSPS) is 20.3. The lowest BCUT2D eigenvalue weighted by Crippen LogP contribution is -2.36. The van der Waals surface area contributed by atoms with Gasteiger partial charge in [0.2, 0.25) is 0 Å². The SMILES string of the molecule is CC1CCC(NC(c2ccccc2)c2ccccc2-c2ccccc2S(C)(=O)=O)CC1. The van der Waals surface area contributed by atoms with Crippen molar-refractivity contribution in [3.8, 4) is 11.1 Å². The van der Waals surface area contributed by atoms with Gasteiger partial charge in [-0.3, -0.25) is 0 Å². The van der Waals surface area contributed by atoms with E-state index < -0.39 is 9.84 Å². The van der Waals surface area contributed by atoms with Crippen LogP contribution >= 0.6 is 0 Å². The molecule has 1 aliphatic carbocycles. The maximum absolute atomic E-state index is 12.5. The summed E-state index contributed by atoms with van der Waals surface area (Å²) in [5, 5.41) is 3.93. The monoisotopic (exact) mass is 433 g/mol. The number of hydrogen-bond donors (Lipinski definition) is 1. The molecule has 0 radical (unpaired) electrons. The van der Waals surface area contributed by atoms with E-state index in [4.69, 9.17) is 0 Å². The third-order valence-electron chi connectivity index (χ3n) is 6.40. The zero-order valence-corrected chi connectivity index (χ0v) is 19.1. The Hall–Kier alpha value is -2.43. The average Bonchev–Trinajstić information content (AvgIpc) is 2.79. The molecular formula is C27H31NO2S. The first-order chi connectivity index (χ1) is 14.9. The molecule has 31 heavy (non-hydrogen) atoms. The quantitative estimate of drug-likeness (QED) is 0.517. The number of hydrogen-bond acceptors (Lipinski definition) is 3. The summed E-state index contributed by atoms with van der Waals surface area (Å²) < 4.78 is 25.0. The predicted octanol–water partition coefficient (Wildman–Crippen LogP) is 6.01. The minimum absolute atomic E-state index is 0.00317. The first-order valence-electron chi connectivity index (χ1n) is 11.1. The standard InChI is InChI=1S/C27H31NO2S/c1-20-16-18-22(19-17-20)28-27(21-10-4-3-5-11-21)25-14-7-6-12-23(25)24-13-8-9-15-26(24)31(2,29)30/h3-15,20,22,27-28H,16-19H2,1-2H3. The van der Waals surface area contributed by atoms with Gasteiger partial charge in [-0.1, -0.05) is 79.7 Å². The summed E-state index contributed by atoms with van der Waals surface area (Å²) in [4.78, 5) is 0.376. The smallest absolute Gasteiger partial charge is 0.176 e. The second-order valence-electron chi connectivity index (χ2n) is 8.82. The molecule has 1 atom stereocenters. The minimum Gasteiger partial charge on any atom is -0.303 e. The van der Waals surface area contributed by atoms with Gasteiger partial charge < -0.3 is 5.32 Å². The van der Waals surface area contributed by atoms with E-state index in [9.17, 15) is 8.42 Å². The Bertz CT molecular complexity index is 1120. The molecule has 0 aliphatic heterocycles. The van der Waals surface area contributed by atoms with E-state index in [0.717, 1.165) is 22.6 Å². The Morgan fingerprint density at radius 3 is 2.03 bits per heavy atom. The Kier molecular flexibility index (Phi) is 6.59. The highest BCUT2D eigenvalue weighted by molar-refractivity contribution is 7.90. The van der Waals surface area contributed by atoms with E-state index in [0.29, 0.717) is 10.9 Å². The van der Waals surface area contributed by atoms with E-state index in [1.807, 2.05) is 36.4 Å². The van der Waals surface area contributed by atoms with Crippen molar-refractivity contribution >= 4 is 9.84 Å². The summed E-state index contributed by atoms with van der Waals surface area (Å²) in [5.74, 6) is 0.794. The van der Waals surface area contributed by atoms with E-state index in [1.54, 1.807) is 12.1 Å². The molecule has 162 valence electrons. The van der Waals surface area contributed by atoms with Crippen molar-refractivity contribution in [1.82, 2.24) is 5.32 Å². The molecule has 4 rings (SSSR count). The molecule has 1 saturated carbocycles. The lowest BCUT2D eigenvalue weighted by molar-refractivity contribution is 0.296. The van der Waals surface area contributed by atoms with Gasteiger partial charge in [0.25, 0.3) is 0 Å². The molecule has 0 amide bonds. The van der Waals surface area contributed by atoms with Crippen LogP contribution in [0.3, 0.4) is 0 Å². The number of nitrogens with one attached hydrogen (secondary N) is 1. The highest BCUT2D eigenvalue weighted by Crippen LogP contribution is 2.36. The zero-order chi connectivity index (χ0) is 21.8. The minimum atomic E-state index is -3.34. The van der Waals surface area contributed by atoms with E-state index in [1.165, 1.54) is 37.5 Å². The van der Waals surface area contributed by atoms with Gasteiger partial charge in [-0.25, -0.2) is 8.42 Å². The topological polar surface area (TPSA) is 46.2 Å². The molecule has 1 aliphatic rings. The Morgan fingerprint density at radius 2 is 1.35 bits per heavy atom. The van der Waals surface area contributed by atoms with Crippen molar-refractivity contribution < 1.29 is 8.42 Å². The van der Waals surface area contributed by atoms with Gasteiger partial charge in [-0.05, 0) is 54.4 Å². The molecule has 1 N–H and O–H groups in total. The van der Waals surface area contributed by atoms with Crippen molar-refractivity contribution in [3.05, 3.63) is 90.0 Å². The van der Waals surface area contributed by atoms with Crippen LogP contribution in [0.15, 0.2) is 83.8 Å². The van der Waals surface area contributed by atoms with E-state index in [-0.39, 0.29) is 6.04 Å². The molecule has 0 bridgehead atoms. The van der Waals surface area contributed by atoms with Gasteiger partial charge in [-0.2, -0.15) is 0 Å². The Balaban J connectivity index is 1.81. The summed E-state index contributed by atoms with van der Waals surface area (Å²) in [6.45, 7) is 2.34. The van der Waals surface area contributed by atoms with Gasteiger partial charge >= 0.3 is 0 Å². The van der Waals surface area contributed by atoms with E-state index in [2.05, 4.69) is 42.6 Å². The summed E-state index contributed by atoms with van der Waals surface area (Å²) in [6.07, 6.45) is 6.12. The first-order valence-corrected chi connectivity index (χ1v) is 13.0. The number of benzene rings is 3. The van der Waals surface area contributed by atoms with Crippen LogP contribution in [0, 0.1) is 5.92 Å². The fraction of sp³-hybridized carbons (Fsp3) is 0.333. The molecule has 0 spiro atoms. The summed E-state index contributed by atoms with van der Waals surface area (Å²) in [5.41, 5.74) is 4.04. The second-order valence-corrected chi connectivity index (χ2v) is 10.8. The third kappa shape index (κ3) is 5.08. The van der Waals surface area contributed by atoms with Gasteiger partial charge in [0.15, 0.2) is 9.84 Å². The van der Waals surface area contributed by atoms with Gasteiger partial charge in [0, 0.05) is 17.9 Å². The van der Waals surface area contributed by atoms with Crippen LogP contribution in [0.5, 0.6) is 0 Å². The summed E-state index contributed by atoms with van der Waals surface area (Å²) >= 11 is 0. The number of sulfone groups is 1. The maximum atomic E-state index is 12.5. The van der Waals surface area contributed by atoms with Crippen molar-refractivity contribution in [3.63, 3.8) is 0 Å². The van der Waals surface area contributed by atoms with Crippen molar-refractivity contribution in [2.45, 2.75) is 49.6 Å². The molecule has 0 heterocycles. The highest BCUT2D eigenvalue weighted by Gasteiger charge is 2.26. The molecule has 1 fully saturated rings. The lowest BCUT2D eigenvalue weighted by atomic mass is 9.85.